The molecular weight excluding hydrogens is 306 g/mol. The van der Waals surface area contributed by atoms with Gasteiger partial charge in [-0.3, -0.25) is 4.79 Å². The lowest BCUT2D eigenvalue weighted by atomic mass is 9.83. The lowest BCUT2D eigenvalue weighted by molar-refractivity contribution is -0.114. The standard InChI is InChI=1S/C23H39NO/c1-6-11-13-20(14-12-7-2)22(16-21(25)10-5)23-19(9-4)15-18(8-3)17-24-23/h15-16,20,24H,6-14,17H2,1-5H3/b22-16+. The maximum atomic E-state index is 12.3. The highest BCUT2D eigenvalue weighted by Gasteiger charge is 2.22. The van der Waals surface area contributed by atoms with Crippen molar-refractivity contribution in [1.29, 1.82) is 0 Å². The Balaban J connectivity index is 3.29. The predicted octanol–water partition coefficient (Wildman–Crippen LogP) is 6.49. The largest absolute Gasteiger partial charge is 0.381 e. The fraction of sp³-hybridized carbons (Fsp3) is 0.696. The molecule has 0 bridgehead atoms. The number of allylic oxidation sites excluding steroid dienone is 4. The SMILES string of the molecule is CCCCC(CCCC)/C(=C\C(=O)CC)C1=C(CC)C=C(CC)CN1. The van der Waals surface area contributed by atoms with Gasteiger partial charge in [0.2, 0.25) is 0 Å². The van der Waals surface area contributed by atoms with Crippen LogP contribution in [-0.2, 0) is 4.79 Å². The summed E-state index contributed by atoms with van der Waals surface area (Å²) in [5, 5.41) is 3.67. The van der Waals surface area contributed by atoms with Crippen LogP contribution in [0.4, 0.5) is 0 Å². The Morgan fingerprint density at radius 3 is 2.20 bits per heavy atom. The Kier molecular flexibility index (Phi) is 10.5. The summed E-state index contributed by atoms with van der Waals surface area (Å²) in [6.45, 7) is 11.8. The Labute approximate surface area is 155 Å². The molecule has 0 amide bonds. The molecule has 1 rings (SSSR count). The molecule has 1 heterocycles. The van der Waals surface area contributed by atoms with Gasteiger partial charge in [0.1, 0.15) is 0 Å². The van der Waals surface area contributed by atoms with Gasteiger partial charge in [0.25, 0.3) is 0 Å². The third-order valence-corrected chi connectivity index (χ3v) is 5.23. The van der Waals surface area contributed by atoms with Crippen molar-refractivity contribution in [2.75, 3.05) is 6.54 Å². The van der Waals surface area contributed by atoms with E-state index in [4.69, 9.17) is 0 Å². The number of ketones is 1. The van der Waals surface area contributed by atoms with Gasteiger partial charge >= 0.3 is 0 Å². The quantitative estimate of drug-likeness (QED) is 0.409. The Bertz CT molecular complexity index is 502. The monoisotopic (exact) mass is 345 g/mol. The predicted molar refractivity (Wildman–Crippen MR) is 110 cm³/mol. The molecule has 25 heavy (non-hydrogen) atoms. The van der Waals surface area contributed by atoms with Gasteiger partial charge in [-0.05, 0) is 48.8 Å². The molecule has 142 valence electrons. The molecule has 2 nitrogen and oxygen atoms in total. The molecule has 0 saturated heterocycles. The minimum atomic E-state index is 0.253. The summed E-state index contributed by atoms with van der Waals surface area (Å²) in [6, 6.07) is 0. The Morgan fingerprint density at radius 2 is 1.72 bits per heavy atom. The number of unbranched alkanes of at least 4 members (excludes halogenated alkanes) is 2. The lowest BCUT2D eigenvalue weighted by Gasteiger charge is -2.28. The minimum Gasteiger partial charge on any atom is -0.381 e. The number of dihydropyridines is 1. The van der Waals surface area contributed by atoms with E-state index in [1.54, 1.807) is 0 Å². The molecule has 0 aromatic rings. The summed E-state index contributed by atoms with van der Waals surface area (Å²) in [7, 11) is 0. The van der Waals surface area contributed by atoms with Gasteiger partial charge in [-0.1, -0.05) is 72.0 Å². The average Bonchev–Trinajstić information content (AvgIpc) is 2.65. The Hall–Kier alpha value is -1.31. The van der Waals surface area contributed by atoms with Gasteiger partial charge in [0.15, 0.2) is 5.78 Å². The van der Waals surface area contributed by atoms with E-state index in [-0.39, 0.29) is 5.78 Å². The molecular formula is C23H39NO. The lowest BCUT2D eigenvalue weighted by Crippen LogP contribution is -2.26. The van der Waals surface area contributed by atoms with Crippen molar-refractivity contribution in [3.05, 3.63) is 34.6 Å². The minimum absolute atomic E-state index is 0.253. The van der Waals surface area contributed by atoms with Gasteiger partial charge in [0, 0.05) is 18.7 Å². The van der Waals surface area contributed by atoms with Crippen molar-refractivity contribution in [2.24, 2.45) is 5.92 Å². The van der Waals surface area contributed by atoms with Crippen molar-refractivity contribution >= 4 is 5.78 Å². The summed E-state index contributed by atoms with van der Waals surface area (Å²) in [5.41, 5.74) is 5.35. The van der Waals surface area contributed by atoms with Crippen LogP contribution < -0.4 is 5.32 Å². The molecule has 1 N–H and O–H groups in total. The van der Waals surface area contributed by atoms with E-state index in [0.29, 0.717) is 12.3 Å². The van der Waals surface area contributed by atoms with Gasteiger partial charge in [-0.15, -0.1) is 0 Å². The fourth-order valence-electron chi connectivity index (χ4n) is 3.50. The zero-order chi connectivity index (χ0) is 18.7. The van der Waals surface area contributed by atoms with Crippen molar-refractivity contribution < 1.29 is 4.79 Å². The van der Waals surface area contributed by atoms with Crippen LogP contribution in [0.3, 0.4) is 0 Å². The molecule has 0 aromatic carbocycles. The zero-order valence-electron chi connectivity index (χ0n) is 17.2. The first-order chi connectivity index (χ1) is 12.1. The van der Waals surface area contributed by atoms with E-state index in [9.17, 15) is 4.79 Å². The van der Waals surface area contributed by atoms with Crippen LogP contribution in [0, 0.1) is 5.92 Å². The number of nitrogens with one attached hydrogen (secondary N) is 1. The van der Waals surface area contributed by atoms with Crippen LogP contribution in [0.5, 0.6) is 0 Å². The van der Waals surface area contributed by atoms with E-state index in [0.717, 1.165) is 19.4 Å². The topological polar surface area (TPSA) is 29.1 Å². The number of hydrogen-bond donors (Lipinski definition) is 1. The summed E-state index contributed by atoms with van der Waals surface area (Å²) in [6.07, 6.45) is 14.3. The molecule has 0 aliphatic carbocycles. The van der Waals surface area contributed by atoms with E-state index in [2.05, 4.69) is 39.1 Å². The van der Waals surface area contributed by atoms with Crippen molar-refractivity contribution in [2.45, 2.75) is 92.4 Å². The highest BCUT2D eigenvalue weighted by atomic mass is 16.1. The first-order valence-corrected chi connectivity index (χ1v) is 10.5. The van der Waals surface area contributed by atoms with E-state index < -0.39 is 0 Å². The summed E-state index contributed by atoms with van der Waals surface area (Å²) in [4.78, 5) is 12.3. The second-order valence-corrected chi connectivity index (χ2v) is 7.16. The van der Waals surface area contributed by atoms with Crippen LogP contribution in [-0.4, -0.2) is 12.3 Å². The van der Waals surface area contributed by atoms with Gasteiger partial charge < -0.3 is 5.32 Å². The van der Waals surface area contributed by atoms with E-state index in [1.165, 1.54) is 60.9 Å². The van der Waals surface area contributed by atoms with Crippen LogP contribution in [0.25, 0.3) is 0 Å². The van der Waals surface area contributed by atoms with Crippen molar-refractivity contribution in [1.82, 2.24) is 5.32 Å². The van der Waals surface area contributed by atoms with E-state index >= 15 is 0 Å². The summed E-state index contributed by atoms with van der Waals surface area (Å²) < 4.78 is 0. The van der Waals surface area contributed by atoms with Crippen molar-refractivity contribution in [3.8, 4) is 0 Å². The van der Waals surface area contributed by atoms with Gasteiger partial charge in [-0.2, -0.15) is 0 Å². The maximum absolute atomic E-state index is 12.3. The van der Waals surface area contributed by atoms with Gasteiger partial charge in [0.05, 0.1) is 0 Å². The third-order valence-electron chi connectivity index (χ3n) is 5.23. The molecule has 1 aliphatic heterocycles. The smallest absolute Gasteiger partial charge is 0.155 e. The average molecular weight is 346 g/mol. The molecule has 0 aromatic heterocycles. The number of hydrogen-bond acceptors (Lipinski definition) is 2. The fourth-order valence-corrected chi connectivity index (χ4v) is 3.50. The third kappa shape index (κ3) is 6.84. The number of rotatable bonds is 12. The molecule has 0 atom stereocenters. The Morgan fingerprint density at radius 1 is 1.08 bits per heavy atom. The molecule has 0 unspecified atom stereocenters. The zero-order valence-corrected chi connectivity index (χ0v) is 17.2. The van der Waals surface area contributed by atoms with Crippen LogP contribution >= 0.6 is 0 Å². The molecule has 1 aliphatic rings. The molecule has 0 saturated carbocycles. The highest BCUT2D eigenvalue weighted by Crippen LogP contribution is 2.33. The van der Waals surface area contributed by atoms with Crippen molar-refractivity contribution in [3.63, 3.8) is 0 Å². The first-order valence-electron chi connectivity index (χ1n) is 10.5. The molecule has 0 radical (unpaired) electrons. The van der Waals surface area contributed by atoms with Crippen LogP contribution in [0.2, 0.25) is 0 Å². The first kappa shape index (κ1) is 21.7. The normalized spacial score (nSPS) is 15.4. The van der Waals surface area contributed by atoms with Crippen LogP contribution in [0.15, 0.2) is 34.6 Å². The molecule has 0 fully saturated rings. The van der Waals surface area contributed by atoms with Crippen LogP contribution in [0.1, 0.15) is 92.4 Å². The van der Waals surface area contributed by atoms with E-state index in [1.807, 2.05) is 13.0 Å². The summed E-state index contributed by atoms with van der Waals surface area (Å²) >= 11 is 0. The molecule has 2 heteroatoms. The van der Waals surface area contributed by atoms with Gasteiger partial charge in [-0.25, -0.2) is 0 Å². The molecule has 0 spiro atoms. The highest BCUT2D eigenvalue weighted by molar-refractivity contribution is 5.90. The number of carbonyl (C=O) groups excluding carboxylic acids is 1. The summed E-state index contributed by atoms with van der Waals surface area (Å²) in [5.74, 6) is 0.749. The number of carbonyl (C=O) groups is 1. The second-order valence-electron chi connectivity index (χ2n) is 7.16. The second kappa shape index (κ2) is 12.1. The maximum Gasteiger partial charge on any atom is 0.155 e.